The molecule has 0 aliphatic heterocycles. The van der Waals surface area contributed by atoms with E-state index >= 15 is 0 Å². The topological polar surface area (TPSA) is 103 Å². The van der Waals surface area contributed by atoms with Gasteiger partial charge in [-0.3, -0.25) is 4.79 Å². The number of carbonyl (C=O) groups is 1. The zero-order valence-electron chi connectivity index (χ0n) is 15.5. The average molecular weight is 367 g/mol. The number of methoxy groups -OCH3 is 1. The highest BCUT2D eigenvalue weighted by Gasteiger charge is 2.17. The molecule has 0 radical (unpaired) electrons. The molecule has 3 aromatic rings. The van der Waals surface area contributed by atoms with E-state index in [0.29, 0.717) is 28.9 Å². The Labute approximate surface area is 157 Å². The van der Waals surface area contributed by atoms with Gasteiger partial charge in [0.2, 0.25) is 11.8 Å². The van der Waals surface area contributed by atoms with Gasteiger partial charge in [0, 0.05) is 29.9 Å². The van der Waals surface area contributed by atoms with Crippen LogP contribution in [0.25, 0.3) is 11.3 Å². The van der Waals surface area contributed by atoms with Gasteiger partial charge in [0.25, 0.3) is 5.91 Å². The third kappa shape index (κ3) is 4.28. The van der Waals surface area contributed by atoms with Crippen LogP contribution in [-0.4, -0.2) is 33.1 Å². The van der Waals surface area contributed by atoms with Gasteiger partial charge in [-0.2, -0.15) is 4.98 Å². The molecule has 27 heavy (non-hydrogen) atoms. The van der Waals surface area contributed by atoms with Crippen LogP contribution in [-0.2, 0) is 6.42 Å². The average Bonchev–Trinajstić information content (AvgIpc) is 3.17. The van der Waals surface area contributed by atoms with Crippen molar-refractivity contribution in [1.29, 1.82) is 0 Å². The van der Waals surface area contributed by atoms with Gasteiger partial charge in [-0.15, -0.1) is 0 Å². The summed E-state index contributed by atoms with van der Waals surface area (Å²) in [5.74, 6) is 1.25. The lowest BCUT2D eigenvalue weighted by Gasteiger charge is -2.10. The summed E-state index contributed by atoms with van der Waals surface area (Å²) < 4.78 is 10.4. The van der Waals surface area contributed by atoms with Gasteiger partial charge in [0.15, 0.2) is 5.82 Å². The summed E-state index contributed by atoms with van der Waals surface area (Å²) in [5.41, 5.74) is 1.95. The van der Waals surface area contributed by atoms with Crippen molar-refractivity contribution in [3.05, 3.63) is 53.9 Å². The van der Waals surface area contributed by atoms with E-state index in [-0.39, 0.29) is 11.9 Å². The highest BCUT2D eigenvalue weighted by Crippen LogP contribution is 2.25. The lowest BCUT2D eigenvalue weighted by molar-refractivity contribution is 0.0932. The standard InChI is InChI=1S/C19H21N5O3/c1-4-5-15-23-18(27-24-15)12(2)22-17(25)14-8-6-13(7-9-14)16-19(26-3)21-11-10-20-16/h6-12H,4-5H2,1-3H3,(H,22,25). The maximum absolute atomic E-state index is 12.5. The number of hydrogen-bond acceptors (Lipinski definition) is 7. The number of nitrogens with one attached hydrogen (secondary N) is 1. The molecule has 0 fully saturated rings. The number of amides is 1. The normalized spacial score (nSPS) is 11.8. The first-order chi connectivity index (χ1) is 13.1. The molecule has 0 spiro atoms. The summed E-state index contributed by atoms with van der Waals surface area (Å²) in [5, 5.41) is 6.77. The number of benzene rings is 1. The Bertz CT molecular complexity index is 908. The largest absolute Gasteiger partial charge is 0.479 e. The van der Waals surface area contributed by atoms with Gasteiger partial charge in [-0.05, 0) is 25.5 Å². The van der Waals surface area contributed by atoms with E-state index in [4.69, 9.17) is 9.26 Å². The zero-order valence-corrected chi connectivity index (χ0v) is 15.5. The number of rotatable bonds is 7. The van der Waals surface area contributed by atoms with Gasteiger partial charge >= 0.3 is 0 Å². The molecule has 0 saturated heterocycles. The highest BCUT2D eigenvalue weighted by atomic mass is 16.5. The minimum Gasteiger partial charge on any atom is -0.479 e. The van der Waals surface area contributed by atoms with E-state index in [9.17, 15) is 4.79 Å². The van der Waals surface area contributed by atoms with Crippen LogP contribution in [0.2, 0.25) is 0 Å². The highest BCUT2D eigenvalue weighted by molar-refractivity contribution is 5.94. The number of ether oxygens (including phenoxy) is 1. The summed E-state index contributed by atoms with van der Waals surface area (Å²) >= 11 is 0. The predicted octanol–water partition coefficient (Wildman–Crippen LogP) is 2.98. The van der Waals surface area contributed by atoms with Crippen molar-refractivity contribution in [2.24, 2.45) is 0 Å². The smallest absolute Gasteiger partial charge is 0.251 e. The maximum Gasteiger partial charge on any atom is 0.251 e. The Morgan fingerprint density at radius 1 is 1.22 bits per heavy atom. The number of aryl methyl sites for hydroxylation is 1. The molecular weight excluding hydrogens is 346 g/mol. The van der Waals surface area contributed by atoms with Crippen LogP contribution in [0.3, 0.4) is 0 Å². The summed E-state index contributed by atoms with van der Waals surface area (Å²) in [4.78, 5) is 25.2. The molecule has 8 nitrogen and oxygen atoms in total. The Morgan fingerprint density at radius 3 is 2.67 bits per heavy atom. The minimum absolute atomic E-state index is 0.226. The summed E-state index contributed by atoms with van der Waals surface area (Å²) in [6.07, 6.45) is 4.84. The maximum atomic E-state index is 12.5. The minimum atomic E-state index is -0.379. The van der Waals surface area contributed by atoms with Crippen molar-refractivity contribution in [3.8, 4) is 17.1 Å². The fraction of sp³-hybridized carbons (Fsp3) is 0.316. The molecule has 1 unspecified atom stereocenters. The van der Waals surface area contributed by atoms with Crippen LogP contribution in [0.1, 0.15) is 48.4 Å². The van der Waals surface area contributed by atoms with E-state index in [1.165, 1.54) is 0 Å². The van der Waals surface area contributed by atoms with Gasteiger partial charge in [-0.25, -0.2) is 9.97 Å². The molecule has 0 aliphatic rings. The lowest BCUT2D eigenvalue weighted by Crippen LogP contribution is -2.26. The lowest BCUT2D eigenvalue weighted by atomic mass is 10.1. The van der Waals surface area contributed by atoms with E-state index < -0.39 is 0 Å². The molecule has 1 aromatic carbocycles. The molecule has 2 aromatic heterocycles. The molecule has 3 rings (SSSR count). The fourth-order valence-corrected chi connectivity index (χ4v) is 2.56. The second kappa shape index (κ2) is 8.39. The Hall–Kier alpha value is -3.29. The zero-order chi connectivity index (χ0) is 19.2. The molecule has 2 heterocycles. The molecule has 1 amide bonds. The van der Waals surface area contributed by atoms with Crippen LogP contribution in [0.15, 0.2) is 41.2 Å². The number of carbonyl (C=O) groups excluding carboxylic acids is 1. The molecule has 1 atom stereocenters. The first-order valence-electron chi connectivity index (χ1n) is 8.71. The first kappa shape index (κ1) is 18.5. The Kier molecular flexibility index (Phi) is 5.75. The Balaban J connectivity index is 1.70. The molecule has 0 bridgehead atoms. The number of aromatic nitrogens is 4. The second-order valence-electron chi connectivity index (χ2n) is 5.99. The summed E-state index contributed by atoms with van der Waals surface area (Å²) in [7, 11) is 1.54. The quantitative estimate of drug-likeness (QED) is 0.684. The van der Waals surface area contributed by atoms with Gasteiger partial charge in [0.05, 0.1) is 7.11 Å². The molecule has 0 aliphatic carbocycles. The van der Waals surface area contributed by atoms with Crippen molar-refractivity contribution in [2.75, 3.05) is 7.11 Å². The third-order valence-electron chi connectivity index (χ3n) is 3.95. The SMILES string of the molecule is CCCc1noc(C(C)NC(=O)c2ccc(-c3nccnc3OC)cc2)n1. The van der Waals surface area contributed by atoms with Crippen LogP contribution < -0.4 is 10.1 Å². The van der Waals surface area contributed by atoms with Crippen LogP contribution in [0, 0.1) is 0 Å². The van der Waals surface area contributed by atoms with E-state index in [1.54, 1.807) is 50.7 Å². The summed E-state index contributed by atoms with van der Waals surface area (Å²) in [6, 6.07) is 6.68. The molecule has 0 saturated carbocycles. The van der Waals surface area contributed by atoms with Gasteiger partial charge in [0.1, 0.15) is 11.7 Å². The molecule has 8 heteroatoms. The van der Waals surface area contributed by atoms with Gasteiger partial charge in [-0.1, -0.05) is 24.2 Å². The summed E-state index contributed by atoms with van der Waals surface area (Å²) in [6.45, 7) is 3.85. The second-order valence-corrected chi connectivity index (χ2v) is 5.99. The molecule has 140 valence electrons. The van der Waals surface area contributed by atoms with Crippen molar-refractivity contribution in [3.63, 3.8) is 0 Å². The van der Waals surface area contributed by atoms with Crippen LogP contribution >= 0.6 is 0 Å². The molecular formula is C19H21N5O3. The van der Waals surface area contributed by atoms with Crippen molar-refractivity contribution < 1.29 is 14.1 Å². The fourth-order valence-electron chi connectivity index (χ4n) is 2.56. The van der Waals surface area contributed by atoms with Gasteiger partial charge < -0.3 is 14.6 Å². The Morgan fingerprint density at radius 2 is 1.96 bits per heavy atom. The van der Waals surface area contributed by atoms with Crippen molar-refractivity contribution in [2.45, 2.75) is 32.7 Å². The van der Waals surface area contributed by atoms with Crippen LogP contribution in [0.5, 0.6) is 5.88 Å². The number of hydrogen-bond donors (Lipinski definition) is 1. The van der Waals surface area contributed by atoms with E-state index in [1.807, 2.05) is 6.92 Å². The van der Waals surface area contributed by atoms with Crippen molar-refractivity contribution >= 4 is 5.91 Å². The molecule has 1 N–H and O–H groups in total. The van der Waals surface area contributed by atoms with E-state index in [0.717, 1.165) is 18.4 Å². The number of nitrogens with zero attached hydrogens (tertiary/aromatic N) is 4. The monoisotopic (exact) mass is 367 g/mol. The first-order valence-corrected chi connectivity index (χ1v) is 8.71. The predicted molar refractivity (Wildman–Crippen MR) is 98.2 cm³/mol. The van der Waals surface area contributed by atoms with Crippen molar-refractivity contribution in [1.82, 2.24) is 25.4 Å². The van der Waals surface area contributed by atoms with E-state index in [2.05, 4.69) is 25.4 Å². The third-order valence-corrected chi connectivity index (χ3v) is 3.95. The van der Waals surface area contributed by atoms with Crippen LogP contribution in [0.4, 0.5) is 0 Å².